The molecule has 6 nitrogen and oxygen atoms in total. The maximum Gasteiger partial charge on any atom is 0.338 e. The number of esters is 1. The van der Waals surface area contributed by atoms with Crippen molar-refractivity contribution in [1.82, 2.24) is 5.32 Å². The summed E-state index contributed by atoms with van der Waals surface area (Å²) in [5, 5.41) is 2.82. The second kappa shape index (κ2) is 9.80. The van der Waals surface area contributed by atoms with E-state index in [0.29, 0.717) is 17.1 Å². The first-order valence-electron chi connectivity index (χ1n) is 8.22. The van der Waals surface area contributed by atoms with E-state index >= 15 is 0 Å². The fourth-order valence-corrected chi connectivity index (χ4v) is 2.12. The Labute approximate surface area is 143 Å². The second-order valence-electron chi connectivity index (χ2n) is 5.69. The van der Waals surface area contributed by atoms with Crippen LogP contribution in [-0.4, -0.2) is 37.7 Å². The fourth-order valence-electron chi connectivity index (χ4n) is 2.12. The lowest BCUT2D eigenvalue weighted by molar-refractivity contribution is -0.125. The normalized spacial score (nSPS) is 10.6. The van der Waals surface area contributed by atoms with Crippen molar-refractivity contribution >= 4 is 11.9 Å². The van der Waals surface area contributed by atoms with Gasteiger partial charge >= 0.3 is 5.97 Å². The lowest BCUT2D eigenvalue weighted by Gasteiger charge is -2.15. The van der Waals surface area contributed by atoms with Crippen LogP contribution in [0.3, 0.4) is 0 Å². The highest BCUT2D eigenvalue weighted by Crippen LogP contribution is 2.29. The van der Waals surface area contributed by atoms with Crippen LogP contribution >= 0.6 is 0 Å². The highest BCUT2D eigenvalue weighted by atomic mass is 16.5. The second-order valence-corrected chi connectivity index (χ2v) is 5.69. The van der Waals surface area contributed by atoms with E-state index in [1.807, 2.05) is 27.7 Å². The van der Waals surface area contributed by atoms with Crippen LogP contribution in [0.4, 0.5) is 0 Å². The zero-order valence-electron chi connectivity index (χ0n) is 15.0. The van der Waals surface area contributed by atoms with E-state index in [1.165, 1.54) is 7.11 Å². The fraction of sp³-hybridized carbons (Fsp3) is 0.556. The highest BCUT2D eigenvalue weighted by Gasteiger charge is 2.15. The number of methoxy groups -OCH3 is 1. The molecule has 0 radical (unpaired) electrons. The van der Waals surface area contributed by atoms with Gasteiger partial charge in [0.1, 0.15) is 0 Å². The van der Waals surface area contributed by atoms with Crippen molar-refractivity contribution < 1.29 is 23.8 Å². The van der Waals surface area contributed by atoms with E-state index in [1.54, 1.807) is 18.2 Å². The molecule has 0 saturated carbocycles. The number of ether oxygens (including phenoxy) is 3. The van der Waals surface area contributed by atoms with Crippen molar-refractivity contribution in [2.45, 2.75) is 52.7 Å². The predicted molar refractivity (Wildman–Crippen MR) is 91.6 cm³/mol. The van der Waals surface area contributed by atoms with Gasteiger partial charge in [-0.3, -0.25) is 4.79 Å². The molecule has 0 heterocycles. The zero-order valence-corrected chi connectivity index (χ0v) is 15.0. The molecule has 134 valence electrons. The quantitative estimate of drug-likeness (QED) is 0.701. The molecule has 0 atom stereocenters. The summed E-state index contributed by atoms with van der Waals surface area (Å²) in [6, 6.07) is 4.88. The van der Waals surface area contributed by atoms with Gasteiger partial charge in [0.15, 0.2) is 18.1 Å². The van der Waals surface area contributed by atoms with Gasteiger partial charge in [-0.25, -0.2) is 4.79 Å². The smallest absolute Gasteiger partial charge is 0.338 e. The molecule has 0 aliphatic rings. The van der Waals surface area contributed by atoms with Crippen LogP contribution in [0, 0.1) is 0 Å². The Hall–Kier alpha value is -2.24. The monoisotopic (exact) mass is 337 g/mol. The SMILES string of the molecule is CCC(CC)NC(=O)COC(=O)c1ccc(OC(C)C)c(OC)c1. The summed E-state index contributed by atoms with van der Waals surface area (Å²) in [6.07, 6.45) is 1.67. The minimum atomic E-state index is -0.580. The molecule has 0 saturated heterocycles. The summed E-state index contributed by atoms with van der Waals surface area (Å²) in [5.41, 5.74) is 0.304. The number of rotatable bonds is 9. The third-order valence-corrected chi connectivity index (χ3v) is 3.45. The first-order valence-corrected chi connectivity index (χ1v) is 8.22. The van der Waals surface area contributed by atoms with Crippen molar-refractivity contribution in [3.8, 4) is 11.5 Å². The molecule has 6 heteroatoms. The van der Waals surface area contributed by atoms with Crippen LogP contribution in [0.25, 0.3) is 0 Å². The Morgan fingerprint density at radius 3 is 2.33 bits per heavy atom. The molecule has 1 rings (SSSR count). The van der Waals surface area contributed by atoms with Crippen LogP contribution < -0.4 is 14.8 Å². The minimum absolute atomic E-state index is 0.00882. The third kappa shape index (κ3) is 6.10. The highest BCUT2D eigenvalue weighted by molar-refractivity contribution is 5.92. The maximum absolute atomic E-state index is 12.1. The summed E-state index contributed by atoms with van der Waals surface area (Å²) >= 11 is 0. The lowest BCUT2D eigenvalue weighted by atomic mass is 10.2. The summed E-state index contributed by atoms with van der Waals surface area (Å²) in [4.78, 5) is 23.8. The Bertz CT molecular complexity index is 552. The number of carbonyl (C=O) groups excluding carboxylic acids is 2. The molecular weight excluding hydrogens is 310 g/mol. The van der Waals surface area contributed by atoms with Gasteiger partial charge in [0, 0.05) is 6.04 Å². The van der Waals surface area contributed by atoms with Crippen molar-refractivity contribution in [3.05, 3.63) is 23.8 Å². The van der Waals surface area contributed by atoms with Crippen LogP contribution in [0.5, 0.6) is 11.5 Å². The average Bonchev–Trinajstić information content (AvgIpc) is 2.57. The van der Waals surface area contributed by atoms with Crippen molar-refractivity contribution in [2.24, 2.45) is 0 Å². The van der Waals surface area contributed by atoms with E-state index < -0.39 is 5.97 Å². The average molecular weight is 337 g/mol. The van der Waals surface area contributed by atoms with Gasteiger partial charge < -0.3 is 19.5 Å². The number of hydrogen-bond donors (Lipinski definition) is 1. The number of carbonyl (C=O) groups is 2. The van der Waals surface area contributed by atoms with Gasteiger partial charge in [0.05, 0.1) is 18.8 Å². The summed E-state index contributed by atoms with van der Waals surface area (Å²) < 4.78 is 15.9. The minimum Gasteiger partial charge on any atom is -0.493 e. The Kier molecular flexibility index (Phi) is 8.09. The van der Waals surface area contributed by atoms with Crippen LogP contribution in [-0.2, 0) is 9.53 Å². The molecule has 0 bridgehead atoms. The molecule has 1 amide bonds. The van der Waals surface area contributed by atoms with Crippen LogP contribution in [0.2, 0.25) is 0 Å². The molecule has 0 aliphatic heterocycles. The zero-order chi connectivity index (χ0) is 18.1. The van der Waals surface area contributed by atoms with Gasteiger partial charge in [-0.15, -0.1) is 0 Å². The largest absolute Gasteiger partial charge is 0.493 e. The number of hydrogen-bond acceptors (Lipinski definition) is 5. The van der Waals surface area contributed by atoms with Crippen molar-refractivity contribution in [1.29, 1.82) is 0 Å². The van der Waals surface area contributed by atoms with E-state index in [-0.39, 0.29) is 24.7 Å². The molecule has 24 heavy (non-hydrogen) atoms. The Balaban J connectivity index is 2.66. The van der Waals surface area contributed by atoms with Crippen molar-refractivity contribution in [3.63, 3.8) is 0 Å². The standard InChI is InChI=1S/C18H27NO5/c1-6-14(7-2)19-17(20)11-23-18(21)13-8-9-15(24-12(3)4)16(10-13)22-5/h8-10,12,14H,6-7,11H2,1-5H3,(H,19,20). The lowest BCUT2D eigenvalue weighted by Crippen LogP contribution is -2.36. The maximum atomic E-state index is 12.1. The summed E-state index contributed by atoms with van der Waals surface area (Å²) in [5.74, 6) is 0.114. The number of nitrogens with one attached hydrogen (secondary N) is 1. The van der Waals surface area contributed by atoms with E-state index in [2.05, 4.69) is 5.32 Å². The van der Waals surface area contributed by atoms with Crippen LogP contribution in [0.1, 0.15) is 50.9 Å². The number of amides is 1. The Morgan fingerprint density at radius 2 is 1.79 bits per heavy atom. The molecule has 1 N–H and O–H groups in total. The predicted octanol–water partition coefficient (Wildman–Crippen LogP) is 2.94. The van der Waals surface area contributed by atoms with E-state index in [0.717, 1.165) is 12.8 Å². The van der Waals surface area contributed by atoms with E-state index in [9.17, 15) is 9.59 Å². The summed E-state index contributed by atoms with van der Waals surface area (Å²) in [7, 11) is 1.50. The van der Waals surface area contributed by atoms with Gasteiger partial charge in [0.2, 0.25) is 0 Å². The topological polar surface area (TPSA) is 73.9 Å². The van der Waals surface area contributed by atoms with Gasteiger partial charge in [0.25, 0.3) is 5.91 Å². The number of benzene rings is 1. The molecular formula is C18H27NO5. The molecule has 0 fully saturated rings. The van der Waals surface area contributed by atoms with Crippen LogP contribution in [0.15, 0.2) is 18.2 Å². The first-order chi connectivity index (χ1) is 11.4. The molecule has 0 unspecified atom stereocenters. The summed E-state index contributed by atoms with van der Waals surface area (Å²) in [6.45, 7) is 7.49. The molecule has 0 aromatic heterocycles. The molecule has 1 aromatic carbocycles. The van der Waals surface area contributed by atoms with E-state index in [4.69, 9.17) is 14.2 Å². The third-order valence-electron chi connectivity index (χ3n) is 3.45. The molecule has 1 aromatic rings. The van der Waals surface area contributed by atoms with Gasteiger partial charge in [-0.2, -0.15) is 0 Å². The Morgan fingerprint density at radius 1 is 1.12 bits per heavy atom. The van der Waals surface area contributed by atoms with Gasteiger partial charge in [-0.1, -0.05) is 13.8 Å². The van der Waals surface area contributed by atoms with Gasteiger partial charge in [-0.05, 0) is 44.9 Å². The molecule has 0 spiro atoms. The van der Waals surface area contributed by atoms with Crippen molar-refractivity contribution in [2.75, 3.05) is 13.7 Å². The first kappa shape index (κ1) is 19.8. The molecule has 0 aliphatic carbocycles.